The summed E-state index contributed by atoms with van der Waals surface area (Å²) in [7, 11) is 0. The van der Waals surface area contributed by atoms with Crippen LogP contribution in [-0.4, -0.2) is 10.8 Å². The number of aromatic nitrogens is 2. The highest BCUT2D eigenvalue weighted by molar-refractivity contribution is 6.06. The number of Topliss-reactive ketones (excluding diaryl/α,β-unsaturated/α-hetero) is 1. The number of fused-ring (bicyclic) bond motifs is 3. The summed E-state index contributed by atoms with van der Waals surface area (Å²) in [6, 6.07) is 19.7. The second-order valence-electron chi connectivity index (χ2n) is 5.40. The Morgan fingerprint density at radius 2 is 1.57 bits per heavy atom. The van der Waals surface area contributed by atoms with Crippen LogP contribution in [0.4, 0.5) is 0 Å². The molecule has 1 N–H and O–H groups in total. The van der Waals surface area contributed by atoms with Crippen molar-refractivity contribution in [2.24, 2.45) is 0 Å². The molecule has 2 aromatic heterocycles. The number of ketones is 1. The topological polar surface area (TPSA) is 36.7 Å². The first-order chi connectivity index (χ1) is 10.8. The van der Waals surface area contributed by atoms with Gasteiger partial charge in [0.2, 0.25) is 12.3 Å². The summed E-state index contributed by atoms with van der Waals surface area (Å²) in [5, 5.41) is 2.39. The molecule has 0 aliphatic rings. The van der Waals surface area contributed by atoms with Gasteiger partial charge in [0.25, 0.3) is 0 Å². The number of halogens is 1. The van der Waals surface area contributed by atoms with Gasteiger partial charge in [-0.2, -0.15) is 4.57 Å². The number of hydrogen-bond acceptors (Lipinski definition) is 1. The lowest BCUT2D eigenvalue weighted by molar-refractivity contribution is -0.681. The third kappa shape index (κ3) is 2.90. The van der Waals surface area contributed by atoms with Gasteiger partial charge in [-0.1, -0.05) is 48.5 Å². The number of rotatable bonds is 3. The lowest BCUT2D eigenvalue weighted by Gasteiger charge is -1.98. The van der Waals surface area contributed by atoms with E-state index < -0.39 is 0 Å². The lowest BCUT2D eigenvalue weighted by atomic mass is 10.1. The highest BCUT2D eigenvalue weighted by Gasteiger charge is 2.13. The number of hydrogen-bond donors (Lipinski definition) is 1. The van der Waals surface area contributed by atoms with E-state index in [0.29, 0.717) is 6.54 Å². The largest absolute Gasteiger partial charge is 1.00 e. The molecule has 2 aromatic carbocycles. The molecule has 0 saturated heterocycles. The van der Waals surface area contributed by atoms with Gasteiger partial charge >= 0.3 is 0 Å². The summed E-state index contributed by atoms with van der Waals surface area (Å²) >= 11 is 0. The predicted octanol–water partition coefficient (Wildman–Crippen LogP) is 0.495. The van der Waals surface area contributed by atoms with Gasteiger partial charge in [-0.3, -0.25) is 4.79 Å². The fourth-order valence-corrected chi connectivity index (χ4v) is 2.82. The van der Waals surface area contributed by atoms with Crippen LogP contribution in [0.3, 0.4) is 0 Å². The van der Waals surface area contributed by atoms with E-state index in [1.54, 1.807) is 0 Å². The molecule has 0 aliphatic carbocycles. The van der Waals surface area contributed by atoms with E-state index in [2.05, 4.69) is 23.2 Å². The standard InChI is InChI=1S/C19H14N2O.BrH/c22-19(14-6-2-1-3-7-14)13-21-11-10-16-15-8-4-5-9-17(15)20-18(16)12-21;/h1-12H,13H2;1H. The van der Waals surface area contributed by atoms with Gasteiger partial charge in [-0.05, 0) is 6.07 Å². The fraction of sp³-hybridized carbons (Fsp3) is 0.0526. The molecule has 0 fully saturated rings. The second kappa shape index (κ2) is 6.34. The van der Waals surface area contributed by atoms with E-state index in [9.17, 15) is 4.79 Å². The molecule has 0 saturated carbocycles. The molecular weight excluding hydrogens is 352 g/mol. The van der Waals surface area contributed by atoms with E-state index in [1.807, 2.05) is 59.4 Å². The molecule has 4 heteroatoms. The summed E-state index contributed by atoms with van der Waals surface area (Å²) < 4.78 is 1.92. The summed E-state index contributed by atoms with van der Waals surface area (Å²) in [6.45, 7) is 0.343. The average Bonchev–Trinajstić information content (AvgIpc) is 2.93. The first-order valence-electron chi connectivity index (χ1n) is 7.29. The molecule has 114 valence electrons. The lowest BCUT2D eigenvalue weighted by Crippen LogP contribution is -3.00. The van der Waals surface area contributed by atoms with Crippen molar-refractivity contribution < 1.29 is 26.3 Å². The Bertz CT molecular complexity index is 976. The number of carbonyl (C=O) groups is 1. The smallest absolute Gasteiger partial charge is 0.227 e. The number of benzene rings is 2. The van der Waals surface area contributed by atoms with E-state index in [1.165, 1.54) is 10.8 Å². The Balaban J connectivity index is 0.00000156. The maximum Gasteiger partial charge on any atom is 0.227 e. The number of nitrogens with zero attached hydrogens (tertiary/aromatic N) is 1. The van der Waals surface area contributed by atoms with Gasteiger partial charge in [0.1, 0.15) is 5.52 Å². The Kier molecular flexibility index (Phi) is 4.26. The third-order valence-corrected chi connectivity index (χ3v) is 3.93. The molecule has 0 spiro atoms. The Morgan fingerprint density at radius 3 is 2.39 bits per heavy atom. The SMILES string of the molecule is O=C(C[n+]1ccc2c(c1)[nH]c1ccccc12)c1ccccc1.[Br-]. The minimum atomic E-state index is 0. The third-order valence-electron chi connectivity index (χ3n) is 3.93. The highest BCUT2D eigenvalue weighted by atomic mass is 79.9. The minimum Gasteiger partial charge on any atom is -1.00 e. The molecule has 0 atom stereocenters. The van der Waals surface area contributed by atoms with E-state index in [-0.39, 0.29) is 22.8 Å². The molecule has 23 heavy (non-hydrogen) atoms. The molecule has 0 radical (unpaired) electrons. The van der Waals surface area contributed by atoms with Gasteiger partial charge in [0, 0.05) is 27.9 Å². The number of carbonyl (C=O) groups excluding carboxylic acids is 1. The monoisotopic (exact) mass is 366 g/mol. The molecule has 0 bridgehead atoms. The molecule has 3 nitrogen and oxygen atoms in total. The van der Waals surface area contributed by atoms with E-state index in [4.69, 9.17) is 0 Å². The molecule has 0 amide bonds. The highest BCUT2D eigenvalue weighted by Crippen LogP contribution is 2.23. The fourth-order valence-electron chi connectivity index (χ4n) is 2.82. The van der Waals surface area contributed by atoms with Crippen molar-refractivity contribution in [3.63, 3.8) is 0 Å². The Hall–Kier alpha value is -2.46. The molecule has 4 aromatic rings. The van der Waals surface area contributed by atoms with E-state index >= 15 is 0 Å². The number of nitrogens with one attached hydrogen (secondary N) is 1. The van der Waals surface area contributed by atoms with Crippen LogP contribution in [0.25, 0.3) is 21.8 Å². The quantitative estimate of drug-likeness (QED) is 0.416. The van der Waals surface area contributed by atoms with Crippen LogP contribution >= 0.6 is 0 Å². The van der Waals surface area contributed by atoms with Crippen LogP contribution in [0.2, 0.25) is 0 Å². The summed E-state index contributed by atoms with van der Waals surface area (Å²) in [5.74, 6) is 0.112. The van der Waals surface area contributed by atoms with Crippen LogP contribution in [0.1, 0.15) is 10.4 Å². The zero-order chi connectivity index (χ0) is 14.9. The van der Waals surface area contributed by atoms with Crippen molar-refractivity contribution in [3.8, 4) is 0 Å². The normalized spacial score (nSPS) is 10.6. The molecular formula is C19H15BrN2O. The first-order valence-corrected chi connectivity index (χ1v) is 7.29. The van der Waals surface area contributed by atoms with Crippen LogP contribution < -0.4 is 21.5 Å². The van der Waals surface area contributed by atoms with Gasteiger partial charge in [0.15, 0.2) is 12.4 Å². The van der Waals surface area contributed by atoms with Crippen molar-refractivity contribution in [1.29, 1.82) is 0 Å². The number of para-hydroxylation sites is 1. The van der Waals surface area contributed by atoms with Crippen molar-refractivity contribution in [2.75, 3.05) is 0 Å². The summed E-state index contributed by atoms with van der Waals surface area (Å²) in [6.07, 6.45) is 3.96. The average molecular weight is 367 g/mol. The van der Waals surface area contributed by atoms with Crippen molar-refractivity contribution in [1.82, 2.24) is 4.98 Å². The molecule has 2 heterocycles. The maximum atomic E-state index is 12.3. The van der Waals surface area contributed by atoms with Gasteiger partial charge in [0.05, 0.1) is 0 Å². The second-order valence-corrected chi connectivity index (χ2v) is 5.40. The van der Waals surface area contributed by atoms with Crippen molar-refractivity contribution in [2.45, 2.75) is 6.54 Å². The zero-order valence-electron chi connectivity index (χ0n) is 12.4. The number of pyridine rings is 1. The van der Waals surface area contributed by atoms with Gasteiger partial charge in [-0.25, -0.2) is 0 Å². The number of H-pyrrole nitrogens is 1. The van der Waals surface area contributed by atoms with Crippen LogP contribution in [-0.2, 0) is 6.54 Å². The molecule has 0 aliphatic heterocycles. The summed E-state index contributed by atoms with van der Waals surface area (Å²) in [4.78, 5) is 15.7. The molecule has 4 rings (SSSR count). The predicted molar refractivity (Wildman–Crippen MR) is 86.8 cm³/mol. The van der Waals surface area contributed by atoms with Crippen LogP contribution in [0, 0.1) is 0 Å². The van der Waals surface area contributed by atoms with Crippen molar-refractivity contribution >= 4 is 27.6 Å². The van der Waals surface area contributed by atoms with Crippen LogP contribution in [0.5, 0.6) is 0 Å². The van der Waals surface area contributed by atoms with Gasteiger partial charge < -0.3 is 22.0 Å². The molecule has 0 unspecified atom stereocenters. The first kappa shape index (κ1) is 15.4. The zero-order valence-corrected chi connectivity index (χ0v) is 14.0. The summed E-state index contributed by atoms with van der Waals surface area (Å²) in [5.41, 5.74) is 2.90. The number of aromatic amines is 1. The van der Waals surface area contributed by atoms with Gasteiger partial charge in [-0.15, -0.1) is 0 Å². The van der Waals surface area contributed by atoms with Crippen molar-refractivity contribution in [3.05, 3.63) is 78.6 Å². The minimum absolute atomic E-state index is 0. The Labute approximate surface area is 144 Å². The Morgan fingerprint density at radius 1 is 0.870 bits per heavy atom. The van der Waals surface area contributed by atoms with E-state index in [0.717, 1.165) is 16.6 Å². The maximum absolute atomic E-state index is 12.3. The van der Waals surface area contributed by atoms with Crippen LogP contribution in [0.15, 0.2) is 73.1 Å².